The number of rotatable bonds is 4. The molecule has 5 nitrogen and oxygen atoms in total. The van der Waals surface area contributed by atoms with Crippen molar-refractivity contribution in [2.45, 2.75) is 45.3 Å². The van der Waals surface area contributed by atoms with Crippen molar-refractivity contribution >= 4 is 5.97 Å². The fraction of sp³-hybridized carbons (Fsp3) is 0.667. The van der Waals surface area contributed by atoms with E-state index in [0.29, 0.717) is 18.4 Å². The van der Waals surface area contributed by atoms with E-state index in [-0.39, 0.29) is 6.04 Å². The van der Waals surface area contributed by atoms with Crippen LogP contribution in [0.5, 0.6) is 0 Å². The van der Waals surface area contributed by atoms with Crippen LogP contribution in [0.2, 0.25) is 0 Å². The fourth-order valence-electron chi connectivity index (χ4n) is 2.26. The maximum absolute atomic E-state index is 11.3. The summed E-state index contributed by atoms with van der Waals surface area (Å²) in [5, 5.41) is 23.6. The van der Waals surface area contributed by atoms with Gasteiger partial charge >= 0.3 is 5.97 Å². The molecule has 0 aliphatic heterocycles. The van der Waals surface area contributed by atoms with E-state index in [1.54, 1.807) is 17.1 Å². The van der Waals surface area contributed by atoms with Crippen LogP contribution < -0.4 is 0 Å². The maximum atomic E-state index is 11.3. The van der Waals surface area contributed by atoms with Gasteiger partial charge in [0.05, 0.1) is 17.7 Å². The number of aliphatic carboxylic acids is 1. The molecule has 0 unspecified atom stereocenters. The van der Waals surface area contributed by atoms with E-state index in [1.807, 2.05) is 13.8 Å². The van der Waals surface area contributed by atoms with Crippen LogP contribution >= 0.6 is 0 Å². The molecule has 2 rings (SSSR count). The van der Waals surface area contributed by atoms with E-state index >= 15 is 0 Å². The lowest BCUT2D eigenvalue weighted by molar-refractivity contribution is -0.166. The van der Waals surface area contributed by atoms with Gasteiger partial charge in [0, 0.05) is 17.8 Å². The Morgan fingerprint density at radius 1 is 1.53 bits per heavy atom. The van der Waals surface area contributed by atoms with Crippen molar-refractivity contribution in [1.82, 2.24) is 9.78 Å². The summed E-state index contributed by atoms with van der Waals surface area (Å²) in [4.78, 5) is 11.3. The molecule has 1 aromatic heterocycles. The third-order valence-electron chi connectivity index (χ3n) is 3.66. The number of hydrogen-bond acceptors (Lipinski definition) is 3. The maximum Gasteiger partial charge on any atom is 0.312 e. The van der Waals surface area contributed by atoms with Crippen LogP contribution in [0.25, 0.3) is 0 Å². The van der Waals surface area contributed by atoms with Crippen molar-refractivity contribution in [3.63, 3.8) is 0 Å². The Hall–Kier alpha value is -1.36. The van der Waals surface area contributed by atoms with Crippen LogP contribution in [0.4, 0.5) is 0 Å². The van der Waals surface area contributed by atoms with Gasteiger partial charge < -0.3 is 10.2 Å². The lowest BCUT2D eigenvalue weighted by atomic mass is 9.64. The zero-order valence-electron chi connectivity index (χ0n) is 10.1. The molecular formula is C12H18N2O3. The van der Waals surface area contributed by atoms with Crippen LogP contribution in [0, 0.1) is 5.41 Å². The molecule has 17 heavy (non-hydrogen) atoms. The summed E-state index contributed by atoms with van der Waals surface area (Å²) in [5.74, 6) is -0.909. The molecule has 1 aliphatic rings. The summed E-state index contributed by atoms with van der Waals surface area (Å²) in [6.07, 6.45) is 4.28. The highest BCUT2D eigenvalue weighted by Gasteiger charge is 2.51. The van der Waals surface area contributed by atoms with Gasteiger partial charge in [0.1, 0.15) is 0 Å². The molecule has 1 aliphatic carbocycles. The predicted molar refractivity (Wildman–Crippen MR) is 61.5 cm³/mol. The Kier molecular flexibility index (Phi) is 2.95. The van der Waals surface area contributed by atoms with Crippen molar-refractivity contribution in [3.05, 3.63) is 18.0 Å². The van der Waals surface area contributed by atoms with E-state index in [9.17, 15) is 15.0 Å². The molecule has 0 amide bonds. The SMILES string of the molecule is CC(C)n1cc([C@@H](O)C2(C(=O)O)CCC2)cn1. The first-order valence-electron chi connectivity index (χ1n) is 5.93. The molecule has 1 heterocycles. The summed E-state index contributed by atoms with van der Waals surface area (Å²) in [5.41, 5.74) is -0.397. The highest BCUT2D eigenvalue weighted by Crippen LogP contribution is 2.50. The highest BCUT2D eigenvalue weighted by molar-refractivity contribution is 5.76. The number of carboxylic acids is 1. The van der Waals surface area contributed by atoms with Gasteiger partial charge in [-0.05, 0) is 26.7 Å². The van der Waals surface area contributed by atoms with Crippen molar-refractivity contribution in [2.24, 2.45) is 5.41 Å². The van der Waals surface area contributed by atoms with Crippen LogP contribution in [-0.4, -0.2) is 26.0 Å². The Bertz CT molecular complexity index is 421. The molecule has 0 spiro atoms. The van der Waals surface area contributed by atoms with Gasteiger partial charge in [-0.25, -0.2) is 0 Å². The summed E-state index contributed by atoms with van der Waals surface area (Å²) >= 11 is 0. The zero-order valence-corrected chi connectivity index (χ0v) is 10.1. The number of carbonyl (C=O) groups is 1. The monoisotopic (exact) mass is 238 g/mol. The second kappa shape index (κ2) is 4.14. The first-order chi connectivity index (χ1) is 7.97. The number of nitrogens with zero attached hydrogens (tertiary/aromatic N) is 2. The number of carboxylic acid groups (broad SMARTS) is 1. The summed E-state index contributed by atoms with van der Waals surface area (Å²) in [7, 11) is 0. The average molecular weight is 238 g/mol. The number of hydrogen-bond donors (Lipinski definition) is 2. The van der Waals surface area contributed by atoms with Gasteiger partial charge in [-0.3, -0.25) is 9.48 Å². The van der Waals surface area contributed by atoms with Crippen molar-refractivity contribution < 1.29 is 15.0 Å². The molecule has 1 saturated carbocycles. The van der Waals surface area contributed by atoms with Crippen molar-refractivity contribution in [2.75, 3.05) is 0 Å². The number of aromatic nitrogens is 2. The Morgan fingerprint density at radius 2 is 2.18 bits per heavy atom. The largest absolute Gasteiger partial charge is 0.481 e. The van der Waals surface area contributed by atoms with E-state index in [2.05, 4.69) is 5.10 Å². The first kappa shape index (κ1) is 12.1. The molecule has 1 atom stereocenters. The third kappa shape index (κ3) is 1.84. The van der Waals surface area contributed by atoms with E-state index in [4.69, 9.17) is 0 Å². The second-order valence-corrected chi connectivity index (χ2v) is 5.06. The van der Waals surface area contributed by atoms with Crippen molar-refractivity contribution in [1.29, 1.82) is 0 Å². The molecular weight excluding hydrogens is 220 g/mol. The lowest BCUT2D eigenvalue weighted by Gasteiger charge is -2.41. The molecule has 2 N–H and O–H groups in total. The molecule has 0 bridgehead atoms. The zero-order chi connectivity index (χ0) is 12.6. The van der Waals surface area contributed by atoms with Gasteiger partial charge in [-0.1, -0.05) is 6.42 Å². The summed E-state index contributed by atoms with van der Waals surface area (Å²) < 4.78 is 1.73. The predicted octanol–water partition coefficient (Wildman–Crippen LogP) is 1.75. The van der Waals surface area contributed by atoms with Gasteiger partial charge in [-0.15, -0.1) is 0 Å². The molecule has 5 heteroatoms. The molecule has 94 valence electrons. The Labute approximate surface area is 100 Å². The molecule has 0 saturated heterocycles. The van der Waals surface area contributed by atoms with Gasteiger partial charge in [0.15, 0.2) is 0 Å². The third-order valence-corrected chi connectivity index (χ3v) is 3.66. The average Bonchev–Trinajstić information content (AvgIpc) is 2.63. The van der Waals surface area contributed by atoms with Gasteiger partial charge in [-0.2, -0.15) is 5.10 Å². The van der Waals surface area contributed by atoms with Gasteiger partial charge in [0.25, 0.3) is 0 Å². The molecule has 0 aromatic carbocycles. The molecule has 0 radical (unpaired) electrons. The Morgan fingerprint density at radius 3 is 2.53 bits per heavy atom. The molecule has 1 fully saturated rings. The molecule has 1 aromatic rings. The van der Waals surface area contributed by atoms with E-state index in [1.165, 1.54) is 0 Å². The minimum Gasteiger partial charge on any atom is -0.481 e. The van der Waals surface area contributed by atoms with Crippen LogP contribution in [0.15, 0.2) is 12.4 Å². The fourth-order valence-corrected chi connectivity index (χ4v) is 2.26. The number of aliphatic hydroxyl groups excluding tert-OH is 1. The standard InChI is InChI=1S/C12H18N2O3/c1-8(2)14-7-9(6-13-14)10(15)12(11(16)17)4-3-5-12/h6-8,10,15H,3-5H2,1-2H3,(H,16,17)/t10-/m1/s1. The van der Waals surface area contributed by atoms with Gasteiger partial charge in [0.2, 0.25) is 0 Å². The van der Waals surface area contributed by atoms with Crippen LogP contribution in [0.3, 0.4) is 0 Å². The topological polar surface area (TPSA) is 75.4 Å². The highest BCUT2D eigenvalue weighted by atomic mass is 16.4. The second-order valence-electron chi connectivity index (χ2n) is 5.06. The van der Waals surface area contributed by atoms with Crippen molar-refractivity contribution in [3.8, 4) is 0 Å². The normalized spacial score (nSPS) is 20.0. The minimum absolute atomic E-state index is 0.207. The van der Waals surface area contributed by atoms with E-state index in [0.717, 1.165) is 6.42 Å². The first-order valence-corrected chi connectivity index (χ1v) is 5.93. The van der Waals surface area contributed by atoms with Crippen LogP contribution in [0.1, 0.15) is 50.8 Å². The quantitative estimate of drug-likeness (QED) is 0.838. The lowest BCUT2D eigenvalue weighted by Crippen LogP contribution is -2.43. The summed E-state index contributed by atoms with van der Waals surface area (Å²) in [6.45, 7) is 3.97. The summed E-state index contributed by atoms with van der Waals surface area (Å²) in [6, 6.07) is 0.207. The Balaban J connectivity index is 2.23. The van der Waals surface area contributed by atoms with E-state index < -0.39 is 17.5 Å². The van der Waals surface area contributed by atoms with Crippen LogP contribution in [-0.2, 0) is 4.79 Å². The number of aliphatic hydroxyl groups is 1. The minimum atomic E-state index is -0.995. The smallest absolute Gasteiger partial charge is 0.312 e.